The minimum absolute atomic E-state index is 0.155. The molecule has 6 nitrogen and oxygen atoms in total. The average Bonchev–Trinajstić information content (AvgIpc) is 2.88. The summed E-state index contributed by atoms with van der Waals surface area (Å²) in [7, 11) is 0. The molecule has 2 fully saturated rings. The van der Waals surface area contributed by atoms with E-state index in [1.165, 1.54) is 0 Å². The third kappa shape index (κ3) is 3.69. The molecule has 0 bridgehead atoms. The van der Waals surface area contributed by atoms with E-state index >= 15 is 0 Å². The van der Waals surface area contributed by atoms with Gasteiger partial charge in [0.2, 0.25) is 0 Å². The molecular weight excluding hydrogens is 318 g/mol. The summed E-state index contributed by atoms with van der Waals surface area (Å²) in [6, 6.07) is 7.66. The summed E-state index contributed by atoms with van der Waals surface area (Å²) in [5.74, 6) is 0.834. The first-order valence-corrected chi connectivity index (χ1v) is 8.70. The number of hydrogen-bond donors (Lipinski definition) is 2. The van der Waals surface area contributed by atoms with Crippen molar-refractivity contribution in [3.63, 3.8) is 0 Å². The molecule has 0 aliphatic carbocycles. The van der Waals surface area contributed by atoms with Crippen molar-refractivity contribution in [2.45, 2.75) is 31.8 Å². The van der Waals surface area contributed by atoms with Gasteiger partial charge >= 0.3 is 6.03 Å². The second-order valence-electron chi connectivity index (χ2n) is 6.87. The Morgan fingerprint density at radius 1 is 1.32 bits per heavy atom. The fourth-order valence-electron chi connectivity index (χ4n) is 3.68. The molecular formula is C19H25N3O3. The Bertz CT molecular complexity index is 668. The number of benzene rings is 1. The number of carbonyl (C=O) groups is 2. The number of urea groups is 1. The quantitative estimate of drug-likeness (QED) is 0.613. The molecule has 6 heteroatoms. The van der Waals surface area contributed by atoms with Crippen molar-refractivity contribution in [3.8, 4) is 5.75 Å². The molecule has 3 rings (SSSR count). The van der Waals surface area contributed by atoms with Gasteiger partial charge in [0.1, 0.15) is 17.9 Å². The number of amides is 3. The minimum Gasteiger partial charge on any atom is -0.489 e. The van der Waals surface area contributed by atoms with E-state index in [1.807, 2.05) is 25.1 Å². The van der Waals surface area contributed by atoms with E-state index < -0.39 is 5.54 Å². The van der Waals surface area contributed by atoms with E-state index in [1.54, 1.807) is 6.08 Å². The number of piperidine rings is 1. The zero-order valence-electron chi connectivity index (χ0n) is 14.6. The molecule has 0 aromatic heterocycles. The lowest BCUT2D eigenvalue weighted by Gasteiger charge is -2.38. The molecule has 1 unspecified atom stereocenters. The summed E-state index contributed by atoms with van der Waals surface area (Å²) in [6.45, 7) is 8.60. The number of ether oxygens (including phenoxy) is 1. The van der Waals surface area contributed by atoms with Crippen LogP contribution in [-0.2, 0) is 11.3 Å². The van der Waals surface area contributed by atoms with Crippen LogP contribution in [0.25, 0.3) is 0 Å². The van der Waals surface area contributed by atoms with Gasteiger partial charge in [-0.05, 0) is 44.8 Å². The van der Waals surface area contributed by atoms with Gasteiger partial charge in [-0.3, -0.25) is 15.0 Å². The lowest BCUT2D eigenvalue weighted by atomic mass is 9.79. The average molecular weight is 343 g/mol. The molecule has 3 amide bonds. The van der Waals surface area contributed by atoms with Crippen molar-refractivity contribution in [3.05, 3.63) is 42.5 Å². The predicted molar refractivity (Wildman–Crippen MR) is 95.2 cm³/mol. The maximum atomic E-state index is 12.1. The van der Waals surface area contributed by atoms with Gasteiger partial charge in [0.25, 0.3) is 5.91 Å². The summed E-state index contributed by atoms with van der Waals surface area (Å²) in [5, 5.41) is 5.15. The molecule has 0 saturated carbocycles. The zero-order valence-corrected chi connectivity index (χ0v) is 14.6. The van der Waals surface area contributed by atoms with E-state index in [-0.39, 0.29) is 17.9 Å². The van der Waals surface area contributed by atoms with Gasteiger partial charge in [-0.15, -0.1) is 0 Å². The van der Waals surface area contributed by atoms with Gasteiger partial charge in [-0.1, -0.05) is 30.9 Å². The highest BCUT2D eigenvalue weighted by molar-refractivity contribution is 6.06. The van der Waals surface area contributed by atoms with Gasteiger partial charge in [0.05, 0.1) is 0 Å². The van der Waals surface area contributed by atoms with Crippen LogP contribution < -0.4 is 15.4 Å². The molecule has 2 aliphatic heterocycles. The SMILES string of the molecule is C=CCOc1ccccc1CN1CCC(C2(C)NC(=O)NC2=O)CC1. The summed E-state index contributed by atoms with van der Waals surface area (Å²) < 4.78 is 5.73. The number of nitrogens with zero attached hydrogens (tertiary/aromatic N) is 1. The standard InChI is InChI=1S/C19H25N3O3/c1-3-12-25-16-7-5-4-6-14(16)13-22-10-8-15(9-11-22)19(2)17(23)20-18(24)21-19/h3-7,15H,1,8-13H2,2H3,(H2,20,21,23,24). The Morgan fingerprint density at radius 2 is 2.04 bits per heavy atom. The topological polar surface area (TPSA) is 70.7 Å². The number of para-hydroxylation sites is 1. The van der Waals surface area contributed by atoms with Crippen LogP contribution in [0.15, 0.2) is 36.9 Å². The molecule has 0 radical (unpaired) electrons. The Kier molecular flexibility index (Phi) is 5.08. The number of likely N-dealkylation sites (tertiary alicyclic amines) is 1. The number of carbonyl (C=O) groups excluding carboxylic acids is 2. The first-order chi connectivity index (χ1) is 12.0. The van der Waals surface area contributed by atoms with Crippen molar-refractivity contribution in [1.82, 2.24) is 15.5 Å². The van der Waals surface area contributed by atoms with Gasteiger partial charge in [-0.25, -0.2) is 4.79 Å². The largest absolute Gasteiger partial charge is 0.489 e. The van der Waals surface area contributed by atoms with Crippen molar-refractivity contribution >= 4 is 11.9 Å². The molecule has 134 valence electrons. The van der Waals surface area contributed by atoms with Crippen LogP contribution in [0.2, 0.25) is 0 Å². The molecule has 25 heavy (non-hydrogen) atoms. The summed E-state index contributed by atoms with van der Waals surface area (Å²) in [6.07, 6.45) is 3.49. The van der Waals surface area contributed by atoms with Crippen LogP contribution >= 0.6 is 0 Å². The van der Waals surface area contributed by atoms with Crippen molar-refractivity contribution in [2.24, 2.45) is 5.92 Å². The Labute approximate surface area is 148 Å². The van der Waals surface area contributed by atoms with Crippen molar-refractivity contribution in [2.75, 3.05) is 19.7 Å². The van der Waals surface area contributed by atoms with Crippen LogP contribution in [0.5, 0.6) is 5.75 Å². The first kappa shape index (κ1) is 17.5. The highest BCUT2D eigenvalue weighted by atomic mass is 16.5. The van der Waals surface area contributed by atoms with Gasteiger partial charge in [-0.2, -0.15) is 0 Å². The molecule has 1 atom stereocenters. The number of imide groups is 1. The monoisotopic (exact) mass is 343 g/mol. The Balaban J connectivity index is 1.59. The predicted octanol–water partition coefficient (Wildman–Crippen LogP) is 2.06. The molecule has 1 aromatic rings. The molecule has 0 spiro atoms. The van der Waals surface area contributed by atoms with Crippen LogP contribution in [0.4, 0.5) is 4.79 Å². The van der Waals surface area contributed by atoms with E-state index in [9.17, 15) is 9.59 Å². The fraction of sp³-hybridized carbons (Fsp3) is 0.474. The van der Waals surface area contributed by atoms with Gasteiger partial charge < -0.3 is 10.1 Å². The highest BCUT2D eigenvalue weighted by Crippen LogP contribution is 2.31. The van der Waals surface area contributed by atoms with Crippen molar-refractivity contribution in [1.29, 1.82) is 0 Å². The maximum Gasteiger partial charge on any atom is 0.322 e. The summed E-state index contributed by atoms with van der Waals surface area (Å²) in [5.41, 5.74) is 0.370. The number of hydrogen-bond acceptors (Lipinski definition) is 4. The van der Waals surface area contributed by atoms with E-state index in [2.05, 4.69) is 28.2 Å². The van der Waals surface area contributed by atoms with Crippen molar-refractivity contribution < 1.29 is 14.3 Å². The molecule has 2 saturated heterocycles. The normalized spacial score (nSPS) is 24.7. The second-order valence-corrected chi connectivity index (χ2v) is 6.87. The van der Waals surface area contributed by atoms with E-state index in [0.29, 0.717) is 6.61 Å². The summed E-state index contributed by atoms with van der Waals surface area (Å²) >= 11 is 0. The second kappa shape index (κ2) is 7.27. The molecule has 1 aromatic carbocycles. The van der Waals surface area contributed by atoms with E-state index in [0.717, 1.165) is 43.8 Å². The number of nitrogens with one attached hydrogen (secondary N) is 2. The van der Waals surface area contributed by atoms with E-state index in [4.69, 9.17) is 4.74 Å². The first-order valence-electron chi connectivity index (χ1n) is 8.70. The lowest BCUT2D eigenvalue weighted by Crippen LogP contribution is -2.53. The number of rotatable bonds is 6. The molecule has 2 N–H and O–H groups in total. The van der Waals surface area contributed by atoms with Crippen LogP contribution in [0.3, 0.4) is 0 Å². The van der Waals surface area contributed by atoms with Crippen LogP contribution in [0.1, 0.15) is 25.3 Å². The maximum absolute atomic E-state index is 12.1. The van der Waals surface area contributed by atoms with Crippen LogP contribution in [-0.4, -0.2) is 42.1 Å². The third-order valence-electron chi connectivity index (χ3n) is 5.20. The minimum atomic E-state index is -0.784. The summed E-state index contributed by atoms with van der Waals surface area (Å²) in [4.78, 5) is 25.9. The Hall–Kier alpha value is -2.34. The zero-order chi connectivity index (χ0) is 17.9. The molecule has 2 aliphatic rings. The van der Waals surface area contributed by atoms with Crippen LogP contribution in [0, 0.1) is 5.92 Å². The molecule has 2 heterocycles. The van der Waals surface area contributed by atoms with Gasteiger partial charge in [0.15, 0.2) is 0 Å². The van der Waals surface area contributed by atoms with Gasteiger partial charge in [0, 0.05) is 12.1 Å². The lowest BCUT2D eigenvalue weighted by molar-refractivity contribution is -0.125. The Morgan fingerprint density at radius 3 is 2.68 bits per heavy atom. The highest BCUT2D eigenvalue weighted by Gasteiger charge is 2.48. The third-order valence-corrected chi connectivity index (χ3v) is 5.20. The smallest absolute Gasteiger partial charge is 0.322 e. The fourth-order valence-corrected chi connectivity index (χ4v) is 3.68.